The average Bonchev–Trinajstić information content (AvgIpc) is 2.42. The Hall–Kier alpha value is -1.57. The first-order valence-corrected chi connectivity index (χ1v) is 7.29. The number of carbonyl (C=O) groups excluding carboxylic acids is 1. The molecule has 0 unspecified atom stereocenters. The maximum atomic E-state index is 11.7. The van der Waals surface area contributed by atoms with Gasteiger partial charge in [0, 0.05) is 12.1 Å². The van der Waals surface area contributed by atoms with Crippen LogP contribution in [0.5, 0.6) is 0 Å². The van der Waals surface area contributed by atoms with Gasteiger partial charge in [0.2, 0.25) is 0 Å². The lowest BCUT2D eigenvalue weighted by atomic mass is 10.1. The van der Waals surface area contributed by atoms with E-state index in [1.807, 2.05) is 30.3 Å². The highest BCUT2D eigenvalue weighted by Gasteiger charge is 1.97. The number of unbranched alkanes of at least 4 members (excludes halogenated alkanes) is 5. The fourth-order valence-corrected chi connectivity index (χ4v) is 1.96. The van der Waals surface area contributed by atoms with Gasteiger partial charge < -0.3 is 5.73 Å². The summed E-state index contributed by atoms with van der Waals surface area (Å²) < 4.78 is 0. The molecule has 0 aromatic heterocycles. The van der Waals surface area contributed by atoms with Crippen LogP contribution in [0.25, 0.3) is 6.08 Å². The molecule has 2 heteroatoms. The number of nitrogen functional groups attached to an aromatic ring is 1. The molecule has 0 radical (unpaired) electrons. The van der Waals surface area contributed by atoms with Crippen molar-refractivity contribution in [2.24, 2.45) is 0 Å². The Morgan fingerprint density at radius 3 is 2.37 bits per heavy atom. The van der Waals surface area contributed by atoms with Crippen molar-refractivity contribution in [2.75, 3.05) is 5.73 Å². The number of benzene rings is 1. The van der Waals surface area contributed by atoms with E-state index < -0.39 is 0 Å². The molecule has 0 spiro atoms. The van der Waals surface area contributed by atoms with E-state index in [1.54, 1.807) is 6.08 Å². The molecule has 104 valence electrons. The van der Waals surface area contributed by atoms with Gasteiger partial charge in [0.25, 0.3) is 0 Å². The quantitative estimate of drug-likeness (QED) is 0.400. The van der Waals surface area contributed by atoms with Crippen molar-refractivity contribution in [3.8, 4) is 0 Å². The Labute approximate surface area is 116 Å². The van der Waals surface area contributed by atoms with Gasteiger partial charge in [-0.3, -0.25) is 4.79 Å². The molecular weight excluding hydrogens is 234 g/mol. The summed E-state index contributed by atoms with van der Waals surface area (Å²) in [6, 6.07) is 7.53. The van der Waals surface area contributed by atoms with Gasteiger partial charge in [-0.25, -0.2) is 0 Å². The third-order valence-corrected chi connectivity index (χ3v) is 3.17. The van der Waals surface area contributed by atoms with Gasteiger partial charge in [-0.05, 0) is 30.2 Å². The minimum atomic E-state index is 0.215. The number of ketones is 1. The van der Waals surface area contributed by atoms with E-state index >= 15 is 0 Å². The Morgan fingerprint density at radius 2 is 1.68 bits per heavy atom. The Bertz CT molecular complexity index is 392. The van der Waals surface area contributed by atoms with Gasteiger partial charge >= 0.3 is 0 Å². The third-order valence-electron chi connectivity index (χ3n) is 3.17. The molecule has 2 nitrogen and oxygen atoms in total. The van der Waals surface area contributed by atoms with Crippen LogP contribution in [0.15, 0.2) is 30.3 Å². The monoisotopic (exact) mass is 259 g/mol. The van der Waals surface area contributed by atoms with Crippen molar-refractivity contribution in [2.45, 2.75) is 51.9 Å². The van der Waals surface area contributed by atoms with Crippen LogP contribution < -0.4 is 5.73 Å². The first kappa shape index (κ1) is 15.5. The van der Waals surface area contributed by atoms with Gasteiger partial charge in [-0.2, -0.15) is 0 Å². The van der Waals surface area contributed by atoms with Crippen LogP contribution in [0, 0.1) is 0 Å². The van der Waals surface area contributed by atoms with Gasteiger partial charge in [0.05, 0.1) is 0 Å². The summed E-state index contributed by atoms with van der Waals surface area (Å²) in [6.07, 6.45) is 11.5. The van der Waals surface area contributed by atoms with Crippen LogP contribution >= 0.6 is 0 Å². The van der Waals surface area contributed by atoms with Crippen LogP contribution in [-0.2, 0) is 4.79 Å². The van der Waals surface area contributed by atoms with Crippen LogP contribution in [0.2, 0.25) is 0 Å². The minimum absolute atomic E-state index is 0.215. The predicted molar refractivity (Wildman–Crippen MR) is 82.9 cm³/mol. The third kappa shape index (κ3) is 7.45. The second-order valence-corrected chi connectivity index (χ2v) is 4.98. The standard InChI is InChI=1S/C17H25NO/c1-2-3-4-5-6-7-8-17(19)14-11-15-9-12-16(18)13-10-15/h9-14H,2-8,18H2,1H3/b14-11+. The molecule has 1 aromatic carbocycles. The second-order valence-electron chi connectivity index (χ2n) is 4.98. The largest absolute Gasteiger partial charge is 0.399 e. The maximum absolute atomic E-state index is 11.7. The first-order valence-electron chi connectivity index (χ1n) is 7.29. The smallest absolute Gasteiger partial charge is 0.155 e. The molecule has 0 atom stereocenters. The van der Waals surface area contributed by atoms with Crippen molar-refractivity contribution < 1.29 is 4.79 Å². The molecule has 19 heavy (non-hydrogen) atoms. The molecule has 1 rings (SSSR count). The fraction of sp³-hybridized carbons (Fsp3) is 0.471. The van der Waals surface area contributed by atoms with Gasteiger partial charge in [-0.15, -0.1) is 0 Å². The maximum Gasteiger partial charge on any atom is 0.155 e. The highest BCUT2D eigenvalue weighted by molar-refractivity contribution is 5.93. The Morgan fingerprint density at radius 1 is 1.05 bits per heavy atom. The fourth-order valence-electron chi connectivity index (χ4n) is 1.96. The summed E-state index contributed by atoms with van der Waals surface area (Å²) in [4.78, 5) is 11.7. The van der Waals surface area contributed by atoms with Crippen molar-refractivity contribution in [1.82, 2.24) is 0 Å². The number of carbonyl (C=O) groups is 1. The zero-order valence-corrected chi connectivity index (χ0v) is 11.9. The normalized spacial score (nSPS) is 11.0. The zero-order valence-electron chi connectivity index (χ0n) is 11.9. The Balaban J connectivity index is 2.18. The first-order chi connectivity index (χ1) is 9.22. The van der Waals surface area contributed by atoms with E-state index in [4.69, 9.17) is 5.73 Å². The lowest BCUT2D eigenvalue weighted by molar-refractivity contribution is -0.114. The lowest BCUT2D eigenvalue weighted by Crippen LogP contribution is -1.92. The number of rotatable bonds is 9. The summed E-state index contributed by atoms with van der Waals surface area (Å²) in [7, 11) is 0. The van der Waals surface area contributed by atoms with Crippen LogP contribution in [0.1, 0.15) is 57.4 Å². The molecule has 0 aliphatic carbocycles. The van der Waals surface area contributed by atoms with Crippen molar-refractivity contribution in [3.63, 3.8) is 0 Å². The summed E-state index contributed by atoms with van der Waals surface area (Å²) in [5, 5.41) is 0. The average molecular weight is 259 g/mol. The van der Waals surface area contributed by atoms with E-state index in [2.05, 4.69) is 6.92 Å². The van der Waals surface area contributed by atoms with E-state index in [0.29, 0.717) is 6.42 Å². The summed E-state index contributed by atoms with van der Waals surface area (Å²) >= 11 is 0. The Kier molecular flexibility index (Phi) is 7.64. The minimum Gasteiger partial charge on any atom is -0.399 e. The highest BCUT2D eigenvalue weighted by atomic mass is 16.1. The molecule has 0 aliphatic rings. The number of nitrogens with two attached hydrogens (primary N) is 1. The molecule has 1 aromatic rings. The molecule has 0 saturated carbocycles. The van der Waals surface area contributed by atoms with Crippen molar-refractivity contribution in [3.05, 3.63) is 35.9 Å². The van der Waals surface area contributed by atoms with Gasteiger partial charge in [0.1, 0.15) is 0 Å². The summed E-state index contributed by atoms with van der Waals surface area (Å²) in [6.45, 7) is 2.21. The molecule has 0 bridgehead atoms. The highest BCUT2D eigenvalue weighted by Crippen LogP contribution is 2.09. The van der Waals surface area contributed by atoms with E-state index in [9.17, 15) is 4.79 Å². The van der Waals surface area contributed by atoms with Crippen molar-refractivity contribution >= 4 is 17.5 Å². The number of allylic oxidation sites excluding steroid dienone is 1. The van der Waals surface area contributed by atoms with Crippen LogP contribution in [-0.4, -0.2) is 5.78 Å². The topological polar surface area (TPSA) is 43.1 Å². The van der Waals surface area contributed by atoms with Crippen molar-refractivity contribution in [1.29, 1.82) is 0 Å². The molecular formula is C17H25NO. The van der Waals surface area contributed by atoms with E-state index in [1.165, 1.54) is 32.1 Å². The lowest BCUT2D eigenvalue weighted by Gasteiger charge is -1.99. The number of anilines is 1. The summed E-state index contributed by atoms with van der Waals surface area (Å²) in [5.74, 6) is 0.215. The molecule has 0 aliphatic heterocycles. The van der Waals surface area contributed by atoms with Crippen LogP contribution in [0.4, 0.5) is 5.69 Å². The second kappa shape index (κ2) is 9.37. The molecule has 0 fully saturated rings. The van der Waals surface area contributed by atoms with Crippen LogP contribution in [0.3, 0.4) is 0 Å². The predicted octanol–water partition coefficient (Wildman–Crippen LogP) is 4.60. The van der Waals surface area contributed by atoms with Gasteiger partial charge in [-0.1, -0.05) is 57.2 Å². The number of hydrogen-bond acceptors (Lipinski definition) is 2. The zero-order chi connectivity index (χ0) is 13.9. The number of hydrogen-bond donors (Lipinski definition) is 1. The summed E-state index contributed by atoms with van der Waals surface area (Å²) in [5.41, 5.74) is 7.37. The molecule has 0 amide bonds. The van der Waals surface area contributed by atoms with E-state index in [0.717, 1.165) is 17.7 Å². The van der Waals surface area contributed by atoms with E-state index in [-0.39, 0.29) is 5.78 Å². The molecule has 2 N–H and O–H groups in total. The SMILES string of the molecule is CCCCCCCCC(=O)/C=C/c1ccc(N)cc1. The van der Waals surface area contributed by atoms with Gasteiger partial charge in [0.15, 0.2) is 5.78 Å². The molecule has 0 saturated heterocycles. The molecule has 0 heterocycles.